The molecule has 0 amide bonds. The first kappa shape index (κ1) is 85.5. The summed E-state index contributed by atoms with van der Waals surface area (Å²) in [5.41, 5.74) is 11.9. The molecule has 0 aliphatic heterocycles. The van der Waals surface area contributed by atoms with E-state index >= 15 is 0 Å². The summed E-state index contributed by atoms with van der Waals surface area (Å²) in [4.78, 5) is 0. The summed E-state index contributed by atoms with van der Waals surface area (Å²) < 4.78 is 27.2. The lowest BCUT2D eigenvalue weighted by molar-refractivity contribution is 0.340. The molecule has 5 nitrogen and oxygen atoms in total. The third-order valence-electron chi connectivity index (χ3n) is 20.2. The van der Waals surface area contributed by atoms with Crippen LogP contribution in [0.15, 0.2) is 180 Å². The van der Waals surface area contributed by atoms with Crippen LogP contribution in [0.4, 0.5) is 0 Å². The van der Waals surface area contributed by atoms with Crippen LogP contribution in [-0.4, -0.2) is 33.0 Å². The van der Waals surface area contributed by atoms with Crippen LogP contribution in [0.3, 0.4) is 0 Å². The highest BCUT2D eigenvalue weighted by Crippen LogP contribution is 2.32. The molecule has 5 unspecified atom stereocenters. The van der Waals surface area contributed by atoms with Crippen molar-refractivity contribution in [1.82, 2.24) is 0 Å². The van der Waals surface area contributed by atoms with E-state index in [1.807, 2.05) is 156 Å². The van der Waals surface area contributed by atoms with Gasteiger partial charge in [0.05, 0.1) is 33.0 Å². The molecule has 0 radical (unpaired) electrons. The fraction of sp³-hybridized carbons (Fsp3) is 0.500. The normalized spacial score (nSPS) is 17.6. The van der Waals surface area contributed by atoms with Gasteiger partial charge in [0, 0.05) is 27.8 Å². The predicted molar refractivity (Wildman–Crippen MR) is 447 cm³/mol. The Bertz CT molecular complexity index is 3720. The summed E-state index contributed by atoms with van der Waals surface area (Å²) >= 11 is 0. The molecule has 5 heteroatoms. The number of allylic oxidation sites excluding steroid dienone is 10. The van der Waals surface area contributed by atoms with Crippen LogP contribution in [0.25, 0.3) is 0 Å². The Balaban J connectivity index is 0.000000206. The van der Waals surface area contributed by atoms with E-state index in [4.69, 9.17) is 23.7 Å². The van der Waals surface area contributed by atoms with Gasteiger partial charge in [-0.2, -0.15) is 0 Å². The zero-order valence-corrected chi connectivity index (χ0v) is 66.6. The molecule has 5 aromatic rings. The van der Waals surface area contributed by atoms with Gasteiger partial charge in [-0.1, -0.05) is 221 Å². The minimum atomic E-state index is 0.705. The molecule has 5 aromatic carbocycles. The van der Waals surface area contributed by atoms with Gasteiger partial charge in [-0.3, -0.25) is 0 Å². The summed E-state index contributed by atoms with van der Waals surface area (Å²) in [6, 6.07) is 40.2. The Kier molecular flexibility index (Phi) is 43.5. The molecule has 0 bridgehead atoms. The quantitative estimate of drug-likeness (QED) is 0.0430. The van der Waals surface area contributed by atoms with Crippen LogP contribution in [-0.2, 0) is 0 Å². The number of unbranched alkanes of at least 4 members (excludes halogenated alkanes) is 6. The molecule has 5 aliphatic carbocycles. The summed E-state index contributed by atoms with van der Waals surface area (Å²) in [5.74, 6) is 42.0. The first-order valence-electron chi connectivity index (χ1n) is 41.3. The Morgan fingerprint density at radius 1 is 0.238 bits per heavy atom. The number of rotatable bonds is 25. The van der Waals surface area contributed by atoms with Crippen molar-refractivity contribution in [3.8, 4) is 88.0 Å². The largest absolute Gasteiger partial charge is 0.494 e. The average Bonchev–Trinajstić information content (AvgIpc) is 0.996. The summed E-state index contributed by atoms with van der Waals surface area (Å²) in [6.07, 6.45) is 50.5. The SMILES string of the molecule is CCCC1CC=C(C#Cc2ccc(OCC)cc2)CC1.CCCCC1CC=C(C#Cc2ccc(OCC)cc2)CC1.CCCCCC1CC=C(C#Cc2ccc(OCC)cc2)CC1.CCCCCCC1CC=C(C#Cc2ccc(OCC)cc2)CC1.CCOc1ccc(C#CC2=CCC(CC)CC2)cc1. The smallest absolute Gasteiger partial charge is 0.119 e. The lowest BCUT2D eigenvalue weighted by Gasteiger charge is -2.19. The van der Waals surface area contributed by atoms with Gasteiger partial charge in [0.2, 0.25) is 0 Å². The second-order valence-electron chi connectivity index (χ2n) is 28.6. The first-order valence-corrected chi connectivity index (χ1v) is 41.3. The highest BCUT2D eigenvalue weighted by Gasteiger charge is 2.17. The number of ether oxygens (including phenoxy) is 5. The topological polar surface area (TPSA) is 46.2 Å². The average molecular weight is 1410 g/mol. The van der Waals surface area contributed by atoms with Crippen molar-refractivity contribution in [2.45, 2.75) is 262 Å². The van der Waals surface area contributed by atoms with E-state index in [-0.39, 0.29) is 0 Å². The van der Waals surface area contributed by atoms with Gasteiger partial charge in [-0.25, -0.2) is 0 Å². The fourth-order valence-electron chi connectivity index (χ4n) is 13.6. The van der Waals surface area contributed by atoms with E-state index in [0.29, 0.717) is 33.0 Å². The summed E-state index contributed by atoms with van der Waals surface area (Å²) in [5, 5.41) is 0. The lowest BCUT2D eigenvalue weighted by atomic mass is 9.86. The summed E-state index contributed by atoms with van der Waals surface area (Å²) in [7, 11) is 0. The van der Waals surface area contributed by atoms with Crippen LogP contribution in [0.2, 0.25) is 0 Å². The number of hydrogen-bond donors (Lipinski definition) is 0. The molecule has 5 aliphatic rings. The number of hydrogen-bond acceptors (Lipinski definition) is 5. The van der Waals surface area contributed by atoms with Gasteiger partial charge >= 0.3 is 0 Å². The molecule has 0 N–H and O–H groups in total. The zero-order chi connectivity index (χ0) is 74.6. The molecular formula is C100H130O5. The standard InChI is InChI=1S/C22H30O.C21H28O.C20H26O.C19H24O.C18H22O/c1-3-5-6-7-8-19-9-11-20(12-10-19)13-14-21-15-17-22(18-16-21)23-4-2;1-3-5-6-7-18-8-10-19(11-9-18)12-13-20-14-16-21(17-15-20)22-4-2;1-3-5-6-17-7-9-18(10-8-17)11-12-19-13-15-20(16-14-19)21-4-2;1-3-5-16-6-8-17(9-7-16)10-11-18-12-14-19(15-13-18)20-4-2;1-3-15-5-7-16(8-6-15)9-10-17-11-13-18(14-12-17)19-4-2/h11,15-19H,3-10,12H2,1-2H3;10,14-18H,3-9,11H2,1-2H3;9,13-17H,3-8,10H2,1-2H3;8,12-16H,3-7,9H2,1-2H3;7,11-15H,3-6,8H2,1-2H3. The molecule has 0 heterocycles. The maximum absolute atomic E-state index is 5.45. The zero-order valence-electron chi connectivity index (χ0n) is 66.6. The second kappa shape index (κ2) is 53.4. The van der Waals surface area contributed by atoms with Crippen molar-refractivity contribution in [3.63, 3.8) is 0 Å². The molecule has 10 rings (SSSR count). The molecule has 0 saturated carbocycles. The maximum Gasteiger partial charge on any atom is 0.119 e. The molecule has 560 valence electrons. The van der Waals surface area contributed by atoms with Gasteiger partial charge in [-0.15, -0.1) is 0 Å². The van der Waals surface area contributed by atoms with Crippen LogP contribution in [0.1, 0.15) is 290 Å². The number of benzene rings is 5. The van der Waals surface area contributed by atoms with Crippen molar-refractivity contribution in [2.24, 2.45) is 29.6 Å². The monoisotopic (exact) mass is 1410 g/mol. The molecular weight excluding hydrogens is 1280 g/mol. The minimum absolute atomic E-state index is 0.705. The van der Waals surface area contributed by atoms with E-state index in [0.717, 1.165) is 118 Å². The Labute approximate surface area is 639 Å². The van der Waals surface area contributed by atoms with Gasteiger partial charge in [0.15, 0.2) is 0 Å². The van der Waals surface area contributed by atoms with E-state index in [1.165, 1.54) is 188 Å². The Morgan fingerprint density at radius 2 is 0.467 bits per heavy atom. The second-order valence-corrected chi connectivity index (χ2v) is 28.6. The van der Waals surface area contributed by atoms with Crippen LogP contribution in [0, 0.1) is 88.8 Å². The molecule has 105 heavy (non-hydrogen) atoms. The molecule has 0 saturated heterocycles. The van der Waals surface area contributed by atoms with Crippen molar-refractivity contribution >= 4 is 0 Å². The van der Waals surface area contributed by atoms with E-state index in [1.54, 1.807) is 0 Å². The van der Waals surface area contributed by atoms with E-state index < -0.39 is 0 Å². The minimum Gasteiger partial charge on any atom is -0.494 e. The van der Waals surface area contributed by atoms with Gasteiger partial charge in [0.1, 0.15) is 28.7 Å². The van der Waals surface area contributed by atoms with Crippen molar-refractivity contribution in [2.75, 3.05) is 33.0 Å². The van der Waals surface area contributed by atoms with Crippen LogP contribution >= 0.6 is 0 Å². The van der Waals surface area contributed by atoms with Crippen LogP contribution in [0.5, 0.6) is 28.7 Å². The van der Waals surface area contributed by atoms with Crippen molar-refractivity contribution in [1.29, 1.82) is 0 Å². The maximum atomic E-state index is 5.45. The summed E-state index contributed by atoms with van der Waals surface area (Å²) in [6.45, 7) is 24.9. The van der Waals surface area contributed by atoms with Gasteiger partial charge in [-0.05, 0) is 310 Å². The third-order valence-corrected chi connectivity index (χ3v) is 20.2. The van der Waals surface area contributed by atoms with Crippen LogP contribution < -0.4 is 23.7 Å². The van der Waals surface area contributed by atoms with Gasteiger partial charge < -0.3 is 23.7 Å². The highest BCUT2D eigenvalue weighted by molar-refractivity contribution is 5.48. The lowest BCUT2D eigenvalue weighted by Crippen LogP contribution is -2.05. The molecule has 0 aromatic heterocycles. The Morgan fingerprint density at radius 3 is 0.686 bits per heavy atom. The van der Waals surface area contributed by atoms with E-state index in [9.17, 15) is 0 Å². The Hall–Kier alpha value is -8.40. The van der Waals surface area contributed by atoms with Crippen molar-refractivity contribution < 1.29 is 23.7 Å². The highest BCUT2D eigenvalue weighted by atomic mass is 16.5. The van der Waals surface area contributed by atoms with E-state index in [2.05, 4.69) is 124 Å². The molecule has 5 atom stereocenters. The predicted octanol–water partition coefficient (Wildman–Crippen LogP) is 26.8. The first-order chi connectivity index (χ1) is 51.6. The third kappa shape index (κ3) is 36.4. The van der Waals surface area contributed by atoms with Gasteiger partial charge in [0.25, 0.3) is 0 Å². The fourth-order valence-corrected chi connectivity index (χ4v) is 13.6. The molecule has 0 fully saturated rings. The van der Waals surface area contributed by atoms with Crippen molar-refractivity contribution in [3.05, 3.63) is 207 Å². The molecule has 0 spiro atoms.